The number of hydrogen-bond acceptors (Lipinski definition) is 5. The fourth-order valence-electron chi connectivity index (χ4n) is 1.53. The van der Waals surface area contributed by atoms with Crippen LogP contribution in [0.25, 0.3) is 0 Å². The van der Waals surface area contributed by atoms with E-state index in [2.05, 4.69) is 0 Å². The molecule has 0 unspecified atom stereocenters. The molecule has 0 fully saturated rings. The molecule has 5 nitrogen and oxygen atoms in total. The van der Waals surface area contributed by atoms with Gasteiger partial charge in [-0.2, -0.15) is 0 Å². The number of sulfone groups is 1. The number of benzene rings is 1. The molecule has 1 aromatic rings. The lowest BCUT2D eigenvalue weighted by atomic mass is 10.2. The largest absolute Gasteiger partial charge is 0.493 e. The fourth-order valence-corrected chi connectivity index (χ4v) is 2.63. The first-order valence-corrected chi connectivity index (χ1v) is 8.00. The molecule has 2 N–H and O–H groups in total. The van der Waals surface area contributed by atoms with Crippen molar-refractivity contribution >= 4 is 9.84 Å². The molecule has 0 heterocycles. The predicted molar refractivity (Wildman–Crippen MR) is 75.0 cm³/mol. The zero-order chi connectivity index (χ0) is 14.1. The molecule has 0 aromatic heterocycles. The van der Waals surface area contributed by atoms with Crippen molar-refractivity contribution in [3.8, 4) is 5.75 Å². The van der Waals surface area contributed by atoms with Gasteiger partial charge >= 0.3 is 0 Å². The second-order valence-corrected chi connectivity index (χ2v) is 6.50. The van der Waals surface area contributed by atoms with E-state index in [1.807, 2.05) is 12.1 Å². The zero-order valence-electron chi connectivity index (χ0n) is 11.2. The summed E-state index contributed by atoms with van der Waals surface area (Å²) in [6.45, 7) is 1.10. The van der Waals surface area contributed by atoms with Gasteiger partial charge in [-0.15, -0.1) is 0 Å². The van der Waals surface area contributed by atoms with E-state index >= 15 is 0 Å². The molecule has 0 atom stereocenters. The zero-order valence-corrected chi connectivity index (χ0v) is 12.0. The third-order valence-electron chi connectivity index (χ3n) is 2.63. The van der Waals surface area contributed by atoms with Gasteiger partial charge in [0.1, 0.15) is 12.4 Å². The van der Waals surface area contributed by atoms with Crippen LogP contribution in [0.4, 0.5) is 0 Å². The van der Waals surface area contributed by atoms with E-state index in [0.29, 0.717) is 25.3 Å². The number of hydrogen-bond donors (Lipinski definition) is 1. The average molecular weight is 287 g/mol. The van der Waals surface area contributed by atoms with Crippen LogP contribution >= 0.6 is 0 Å². The summed E-state index contributed by atoms with van der Waals surface area (Å²) in [6.07, 6.45) is 0.518. The maximum atomic E-state index is 11.6. The van der Waals surface area contributed by atoms with Gasteiger partial charge in [0, 0.05) is 20.3 Å². The van der Waals surface area contributed by atoms with Gasteiger partial charge in [0.2, 0.25) is 0 Å². The van der Waals surface area contributed by atoms with Crippen LogP contribution < -0.4 is 10.5 Å². The highest BCUT2D eigenvalue weighted by Gasteiger charge is 2.10. The first kappa shape index (κ1) is 15.9. The number of nitrogens with two attached hydrogens (primary N) is 1. The van der Waals surface area contributed by atoms with Gasteiger partial charge in [0.25, 0.3) is 0 Å². The molecule has 0 amide bonds. The lowest BCUT2D eigenvalue weighted by molar-refractivity contribution is 0.199. The van der Waals surface area contributed by atoms with Crippen molar-refractivity contribution < 1.29 is 17.9 Å². The Labute approximate surface area is 114 Å². The summed E-state index contributed by atoms with van der Waals surface area (Å²) in [4.78, 5) is 0. The maximum Gasteiger partial charge on any atom is 0.153 e. The summed E-state index contributed by atoms with van der Waals surface area (Å²) in [5, 5.41) is 0. The van der Waals surface area contributed by atoms with Crippen LogP contribution in [0.5, 0.6) is 5.75 Å². The van der Waals surface area contributed by atoms with Crippen LogP contribution in [0.2, 0.25) is 0 Å². The molecular formula is C13H21NO4S. The van der Waals surface area contributed by atoms with Crippen LogP contribution in [0.1, 0.15) is 12.0 Å². The number of methoxy groups -OCH3 is 1. The molecule has 0 radical (unpaired) electrons. The summed E-state index contributed by atoms with van der Waals surface area (Å²) < 4.78 is 33.5. The normalized spacial score (nSPS) is 11.5. The van der Waals surface area contributed by atoms with Gasteiger partial charge in [0.05, 0.1) is 11.5 Å². The first-order chi connectivity index (χ1) is 9.07. The Morgan fingerprint density at radius 3 is 2.37 bits per heavy atom. The fraction of sp³-hybridized carbons (Fsp3) is 0.538. The molecule has 0 aliphatic rings. The van der Waals surface area contributed by atoms with E-state index in [0.717, 1.165) is 5.56 Å². The number of ether oxygens (including phenoxy) is 2. The van der Waals surface area contributed by atoms with E-state index in [9.17, 15) is 8.42 Å². The van der Waals surface area contributed by atoms with E-state index in [4.69, 9.17) is 15.2 Å². The Bertz CT molecular complexity index is 456. The van der Waals surface area contributed by atoms with Crippen molar-refractivity contribution in [1.29, 1.82) is 0 Å². The average Bonchev–Trinajstić information content (AvgIpc) is 2.39. The van der Waals surface area contributed by atoms with E-state index in [1.165, 1.54) is 0 Å². The lowest BCUT2D eigenvalue weighted by Crippen LogP contribution is -2.18. The molecule has 0 saturated heterocycles. The molecule has 0 spiro atoms. The Morgan fingerprint density at radius 1 is 1.11 bits per heavy atom. The molecule has 1 rings (SSSR count). The van der Waals surface area contributed by atoms with Crippen molar-refractivity contribution in [2.24, 2.45) is 5.73 Å². The Hall–Kier alpha value is -1.11. The van der Waals surface area contributed by atoms with Crippen LogP contribution in [0.3, 0.4) is 0 Å². The van der Waals surface area contributed by atoms with Gasteiger partial charge < -0.3 is 15.2 Å². The lowest BCUT2D eigenvalue weighted by Gasteiger charge is -2.07. The topological polar surface area (TPSA) is 78.6 Å². The molecule has 0 aliphatic carbocycles. The number of rotatable bonds is 9. The van der Waals surface area contributed by atoms with Gasteiger partial charge in [-0.05, 0) is 24.1 Å². The first-order valence-electron chi connectivity index (χ1n) is 6.18. The Kier molecular flexibility index (Phi) is 6.83. The summed E-state index contributed by atoms with van der Waals surface area (Å²) in [6, 6.07) is 7.31. The minimum Gasteiger partial charge on any atom is -0.493 e. The summed E-state index contributed by atoms with van der Waals surface area (Å²) >= 11 is 0. The van der Waals surface area contributed by atoms with Crippen molar-refractivity contribution in [2.75, 3.05) is 31.8 Å². The Balaban J connectivity index is 2.32. The van der Waals surface area contributed by atoms with E-state index < -0.39 is 9.84 Å². The quantitative estimate of drug-likeness (QED) is 0.685. The maximum absolute atomic E-state index is 11.6. The summed E-state index contributed by atoms with van der Waals surface area (Å²) in [5.74, 6) is 0.815. The standard InChI is InChI=1S/C13H21NO4S/c1-17-7-2-9-19(15,16)10-8-18-13-5-3-12(11-14)4-6-13/h3-6H,2,7-11,14H2,1H3. The van der Waals surface area contributed by atoms with Crippen molar-refractivity contribution in [1.82, 2.24) is 0 Å². The highest BCUT2D eigenvalue weighted by molar-refractivity contribution is 7.91. The third kappa shape index (κ3) is 6.56. The van der Waals surface area contributed by atoms with Crippen molar-refractivity contribution in [2.45, 2.75) is 13.0 Å². The van der Waals surface area contributed by atoms with Crippen LogP contribution in [-0.2, 0) is 21.1 Å². The van der Waals surface area contributed by atoms with E-state index in [-0.39, 0.29) is 18.1 Å². The van der Waals surface area contributed by atoms with Crippen LogP contribution in [0, 0.1) is 0 Å². The SMILES string of the molecule is COCCCS(=O)(=O)CCOc1ccc(CN)cc1. The van der Waals surface area contributed by atoms with Crippen LogP contribution in [-0.4, -0.2) is 40.2 Å². The molecule has 108 valence electrons. The highest BCUT2D eigenvalue weighted by atomic mass is 32.2. The summed E-state index contributed by atoms with van der Waals surface area (Å²) in [7, 11) is -1.51. The van der Waals surface area contributed by atoms with Gasteiger partial charge in [0.15, 0.2) is 9.84 Å². The monoisotopic (exact) mass is 287 g/mol. The molecule has 1 aromatic carbocycles. The third-order valence-corrected chi connectivity index (χ3v) is 4.33. The molecule has 6 heteroatoms. The molecule has 0 aliphatic heterocycles. The van der Waals surface area contributed by atoms with Gasteiger partial charge in [-0.1, -0.05) is 12.1 Å². The van der Waals surface area contributed by atoms with Crippen molar-refractivity contribution in [3.63, 3.8) is 0 Å². The second kappa shape index (κ2) is 8.14. The minimum atomic E-state index is -3.06. The summed E-state index contributed by atoms with van der Waals surface area (Å²) in [5.41, 5.74) is 6.50. The minimum absolute atomic E-state index is 0.0232. The molecule has 0 saturated carbocycles. The predicted octanol–water partition coefficient (Wildman–Crippen LogP) is 0.975. The molecule has 0 bridgehead atoms. The second-order valence-electron chi connectivity index (χ2n) is 4.19. The van der Waals surface area contributed by atoms with Gasteiger partial charge in [-0.3, -0.25) is 0 Å². The molecule has 19 heavy (non-hydrogen) atoms. The Morgan fingerprint density at radius 2 is 1.79 bits per heavy atom. The van der Waals surface area contributed by atoms with Gasteiger partial charge in [-0.25, -0.2) is 8.42 Å². The van der Waals surface area contributed by atoms with Crippen LogP contribution in [0.15, 0.2) is 24.3 Å². The molecular weight excluding hydrogens is 266 g/mol. The highest BCUT2D eigenvalue weighted by Crippen LogP contribution is 2.11. The smallest absolute Gasteiger partial charge is 0.153 e. The van der Waals surface area contributed by atoms with Crippen molar-refractivity contribution in [3.05, 3.63) is 29.8 Å². The van der Waals surface area contributed by atoms with E-state index in [1.54, 1.807) is 19.2 Å².